The molecule has 17 heavy (non-hydrogen) atoms. The molecule has 1 fully saturated rings. The van der Waals surface area contributed by atoms with Crippen molar-refractivity contribution in [3.05, 3.63) is 29.7 Å². The number of benzene rings is 1. The number of hydrogen-bond acceptors (Lipinski definition) is 3. The van der Waals surface area contributed by atoms with Gasteiger partial charge in [0.1, 0.15) is 5.52 Å². The van der Waals surface area contributed by atoms with Gasteiger partial charge in [-0.15, -0.1) is 0 Å². The molecule has 3 nitrogen and oxygen atoms in total. The van der Waals surface area contributed by atoms with E-state index < -0.39 is 0 Å². The summed E-state index contributed by atoms with van der Waals surface area (Å²) in [6, 6.07) is 6.28. The zero-order valence-electron chi connectivity index (χ0n) is 10.0. The Morgan fingerprint density at radius 1 is 1.24 bits per heavy atom. The number of oxazole rings is 1. The fourth-order valence-corrected chi connectivity index (χ4v) is 2.72. The average Bonchev–Trinajstić information content (AvgIpc) is 2.69. The highest BCUT2D eigenvalue weighted by Gasteiger charge is 2.21. The molecular formula is C14H17NO2. The Labute approximate surface area is 100 Å². The van der Waals surface area contributed by atoms with Gasteiger partial charge in [0, 0.05) is 6.92 Å². The topological polar surface area (TPSA) is 46.3 Å². The van der Waals surface area contributed by atoms with Crippen molar-refractivity contribution in [2.24, 2.45) is 0 Å². The van der Waals surface area contributed by atoms with E-state index in [1.54, 1.807) is 0 Å². The molecule has 0 radical (unpaired) electrons. The van der Waals surface area contributed by atoms with Crippen LogP contribution in [-0.4, -0.2) is 16.2 Å². The number of fused-ring (bicyclic) bond motifs is 1. The molecule has 3 heteroatoms. The smallest absolute Gasteiger partial charge is 0.192 e. The van der Waals surface area contributed by atoms with Gasteiger partial charge in [-0.3, -0.25) is 0 Å². The highest BCUT2D eigenvalue weighted by Crippen LogP contribution is 2.34. The zero-order chi connectivity index (χ0) is 11.8. The number of hydrogen-bond donors (Lipinski definition) is 1. The molecule has 1 saturated carbocycles. The third kappa shape index (κ3) is 2.07. The zero-order valence-corrected chi connectivity index (χ0v) is 10.0. The summed E-state index contributed by atoms with van der Waals surface area (Å²) in [5, 5.41) is 9.52. The molecule has 1 aromatic carbocycles. The van der Waals surface area contributed by atoms with Crippen molar-refractivity contribution in [3.63, 3.8) is 0 Å². The van der Waals surface area contributed by atoms with Crippen LogP contribution in [0.4, 0.5) is 0 Å². The second-order valence-electron chi connectivity index (χ2n) is 4.97. The van der Waals surface area contributed by atoms with E-state index >= 15 is 0 Å². The maximum absolute atomic E-state index is 9.52. The molecule has 1 N–H and O–H groups in total. The van der Waals surface area contributed by atoms with Crippen molar-refractivity contribution < 1.29 is 9.52 Å². The molecule has 0 spiro atoms. The molecule has 0 amide bonds. The van der Waals surface area contributed by atoms with Crippen molar-refractivity contribution in [2.75, 3.05) is 0 Å². The second-order valence-corrected chi connectivity index (χ2v) is 4.97. The average molecular weight is 231 g/mol. The van der Waals surface area contributed by atoms with E-state index in [0.29, 0.717) is 5.92 Å². The summed E-state index contributed by atoms with van der Waals surface area (Å²) < 4.78 is 5.48. The van der Waals surface area contributed by atoms with Gasteiger partial charge in [0.25, 0.3) is 0 Å². The van der Waals surface area contributed by atoms with Gasteiger partial charge >= 0.3 is 0 Å². The van der Waals surface area contributed by atoms with E-state index in [-0.39, 0.29) is 6.10 Å². The quantitative estimate of drug-likeness (QED) is 0.820. The van der Waals surface area contributed by atoms with Gasteiger partial charge in [0.2, 0.25) is 0 Å². The molecule has 0 bridgehead atoms. The van der Waals surface area contributed by atoms with Crippen molar-refractivity contribution in [3.8, 4) is 0 Å². The van der Waals surface area contributed by atoms with Crippen LogP contribution in [0.3, 0.4) is 0 Å². The fourth-order valence-electron chi connectivity index (χ4n) is 2.72. The number of aryl methyl sites for hydroxylation is 1. The van der Waals surface area contributed by atoms with E-state index in [2.05, 4.69) is 17.1 Å². The van der Waals surface area contributed by atoms with Gasteiger partial charge in [-0.1, -0.05) is 6.07 Å². The fraction of sp³-hybridized carbons (Fsp3) is 0.500. The van der Waals surface area contributed by atoms with Crippen LogP contribution in [0.2, 0.25) is 0 Å². The Bertz CT molecular complexity index is 524. The van der Waals surface area contributed by atoms with Crippen LogP contribution in [0, 0.1) is 6.92 Å². The van der Waals surface area contributed by atoms with Crippen LogP contribution in [0.5, 0.6) is 0 Å². The van der Waals surface area contributed by atoms with Gasteiger partial charge in [-0.2, -0.15) is 0 Å². The standard InChI is InChI=1S/C14H17NO2/c1-9-15-13-8-11(4-7-14(13)17-9)10-2-5-12(16)6-3-10/h4,7-8,10,12,16H,2-3,5-6H2,1H3. The van der Waals surface area contributed by atoms with Crippen molar-refractivity contribution >= 4 is 11.1 Å². The van der Waals surface area contributed by atoms with E-state index in [9.17, 15) is 5.11 Å². The molecule has 1 aromatic heterocycles. The van der Waals surface area contributed by atoms with E-state index in [0.717, 1.165) is 42.7 Å². The van der Waals surface area contributed by atoms with Gasteiger partial charge in [-0.25, -0.2) is 4.98 Å². The van der Waals surface area contributed by atoms with Gasteiger partial charge in [-0.05, 0) is 49.3 Å². The maximum atomic E-state index is 9.52. The summed E-state index contributed by atoms with van der Waals surface area (Å²) in [7, 11) is 0. The Balaban J connectivity index is 1.89. The van der Waals surface area contributed by atoms with Crippen LogP contribution in [0.1, 0.15) is 43.1 Å². The monoisotopic (exact) mass is 231 g/mol. The lowest BCUT2D eigenvalue weighted by atomic mass is 9.83. The van der Waals surface area contributed by atoms with Gasteiger partial charge < -0.3 is 9.52 Å². The minimum Gasteiger partial charge on any atom is -0.441 e. The maximum Gasteiger partial charge on any atom is 0.192 e. The van der Waals surface area contributed by atoms with Crippen LogP contribution in [0.15, 0.2) is 22.6 Å². The summed E-state index contributed by atoms with van der Waals surface area (Å²) in [6.07, 6.45) is 3.89. The lowest BCUT2D eigenvalue weighted by Gasteiger charge is -2.25. The highest BCUT2D eigenvalue weighted by atomic mass is 16.3. The molecule has 1 aliphatic carbocycles. The molecule has 90 valence electrons. The van der Waals surface area contributed by atoms with Gasteiger partial charge in [0.05, 0.1) is 6.10 Å². The van der Waals surface area contributed by atoms with Crippen molar-refractivity contribution in [1.29, 1.82) is 0 Å². The lowest BCUT2D eigenvalue weighted by molar-refractivity contribution is 0.122. The first kappa shape index (κ1) is 10.8. The van der Waals surface area contributed by atoms with Crippen LogP contribution >= 0.6 is 0 Å². The van der Waals surface area contributed by atoms with Crippen LogP contribution < -0.4 is 0 Å². The Morgan fingerprint density at radius 2 is 2.00 bits per heavy atom. The minimum absolute atomic E-state index is 0.0933. The Kier molecular flexibility index (Phi) is 2.63. The minimum atomic E-state index is -0.0933. The molecule has 3 rings (SSSR count). The molecular weight excluding hydrogens is 214 g/mol. The number of aromatic nitrogens is 1. The molecule has 2 aromatic rings. The largest absolute Gasteiger partial charge is 0.441 e. The number of aliphatic hydroxyl groups is 1. The molecule has 0 unspecified atom stereocenters. The summed E-state index contributed by atoms with van der Waals surface area (Å²) >= 11 is 0. The predicted molar refractivity (Wildman–Crippen MR) is 66.0 cm³/mol. The number of nitrogens with zero attached hydrogens (tertiary/aromatic N) is 1. The first-order valence-electron chi connectivity index (χ1n) is 6.27. The van der Waals surface area contributed by atoms with E-state index in [4.69, 9.17) is 4.42 Å². The highest BCUT2D eigenvalue weighted by molar-refractivity contribution is 5.73. The summed E-state index contributed by atoms with van der Waals surface area (Å²) in [5.41, 5.74) is 3.14. The van der Waals surface area contributed by atoms with Crippen LogP contribution in [-0.2, 0) is 0 Å². The molecule has 0 aliphatic heterocycles. The van der Waals surface area contributed by atoms with E-state index in [1.807, 2.05) is 13.0 Å². The molecule has 0 atom stereocenters. The third-order valence-electron chi connectivity index (χ3n) is 3.69. The van der Waals surface area contributed by atoms with E-state index in [1.165, 1.54) is 5.56 Å². The Hall–Kier alpha value is -1.35. The Morgan fingerprint density at radius 3 is 2.76 bits per heavy atom. The second kappa shape index (κ2) is 4.15. The molecule has 0 saturated heterocycles. The lowest BCUT2D eigenvalue weighted by Crippen LogP contribution is -2.16. The third-order valence-corrected chi connectivity index (χ3v) is 3.69. The summed E-state index contributed by atoms with van der Waals surface area (Å²) in [6.45, 7) is 1.87. The van der Waals surface area contributed by atoms with Crippen molar-refractivity contribution in [1.82, 2.24) is 4.98 Å². The normalized spacial score (nSPS) is 25.3. The molecule has 1 aliphatic rings. The van der Waals surface area contributed by atoms with Crippen LogP contribution in [0.25, 0.3) is 11.1 Å². The predicted octanol–water partition coefficient (Wildman–Crippen LogP) is 3.15. The number of rotatable bonds is 1. The number of aliphatic hydroxyl groups excluding tert-OH is 1. The molecule has 1 heterocycles. The summed E-state index contributed by atoms with van der Waals surface area (Å²) in [5.74, 6) is 1.29. The summed E-state index contributed by atoms with van der Waals surface area (Å²) in [4.78, 5) is 4.37. The first-order chi connectivity index (χ1) is 8.22. The van der Waals surface area contributed by atoms with Crippen molar-refractivity contribution in [2.45, 2.75) is 44.6 Å². The SMILES string of the molecule is Cc1nc2cc(C3CCC(O)CC3)ccc2o1. The first-order valence-corrected chi connectivity index (χ1v) is 6.27. The van der Waals surface area contributed by atoms with Gasteiger partial charge in [0.15, 0.2) is 11.5 Å².